The first-order valence-corrected chi connectivity index (χ1v) is 6.58. The van der Waals surface area contributed by atoms with Gasteiger partial charge in [0.05, 0.1) is 11.5 Å². The number of aryl methyl sites for hydroxylation is 1. The van der Waals surface area contributed by atoms with Gasteiger partial charge in [-0.05, 0) is 43.4 Å². The zero-order valence-electron chi connectivity index (χ0n) is 11.5. The van der Waals surface area contributed by atoms with Crippen LogP contribution in [0.5, 0.6) is 0 Å². The molecule has 1 aliphatic rings. The van der Waals surface area contributed by atoms with Crippen molar-refractivity contribution in [1.29, 1.82) is 0 Å². The van der Waals surface area contributed by atoms with Crippen LogP contribution in [0.3, 0.4) is 0 Å². The minimum atomic E-state index is -0.511. The fraction of sp³-hybridized carbons (Fsp3) is 0.533. The first-order chi connectivity index (χ1) is 8.41. The van der Waals surface area contributed by atoms with Crippen molar-refractivity contribution >= 4 is 11.6 Å². The molecule has 3 nitrogen and oxygen atoms in total. The summed E-state index contributed by atoms with van der Waals surface area (Å²) in [7, 11) is 0. The van der Waals surface area contributed by atoms with Gasteiger partial charge >= 0.3 is 0 Å². The van der Waals surface area contributed by atoms with Gasteiger partial charge in [0.15, 0.2) is 0 Å². The van der Waals surface area contributed by atoms with Crippen LogP contribution in [-0.2, 0) is 16.6 Å². The summed E-state index contributed by atoms with van der Waals surface area (Å²) in [4.78, 5) is 12.0. The van der Waals surface area contributed by atoms with Crippen LogP contribution in [0.25, 0.3) is 0 Å². The van der Waals surface area contributed by atoms with Gasteiger partial charge in [0.25, 0.3) is 0 Å². The lowest BCUT2D eigenvalue weighted by Gasteiger charge is -2.18. The van der Waals surface area contributed by atoms with Gasteiger partial charge in [0, 0.05) is 5.69 Å². The number of rotatable bonds is 3. The van der Waals surface area contributed by atoms with Crippen molar-refractivity contribution in [2.45, 2.75) is 52.1 Å². The van der Waals surface area contributed by atoms with E-state index in [1.807, 2.05) is 32.9 Å². The van der Waals surface area contributed by atoms with Gasteiger partial charge in [-0.25, -0.2) is 0 Å². The molecule has 0 spiro atoms. The number of nitrogens with one attached hydrogen (secondary N) is 1. The highest BCUT2D eigenvalue weighted by molar-refractivity contribution is 6.06. The van der Waals surface area contributed by atoms with Crippen molar-refractivity contribution in [2.75, 3.05) is 5.32 Å². The maximum atomic E-state index is 12.0. The molecule has 0 aliphatic carbocycles. The van der Waals surface area contributed by atoms with E-state index in [1.54, 1.807) is 0 Å². The van der Waals surface area contributed by atoms with E-state index in [1.165, 1.54) is 0 Å². The zero-order valence-corrected chi connectivity index (χ0v) is 11.5. The number of anilines is 1. The van der Waals surface area contributed by atoms with Crippen LogP contribution in [0.4, 0.5) is 5.69 Å². The number of carbonyl (C=O) groups excluding carboxylic acids is 1. The highest BCUT2D eigenvalue weighted by Crippen LogP contribution is 2.41. The summed E-state index contributed by atoms with van der Waals surface area (Å²) in [6.07, 6.45) is 1.08. The Bertz CT molecular complexity index is 492. The van der Waals surface area contributed by atoms with Crippen molar-refractivity contribution in [3.8, 4) is 0 Å². The molecule has 0 bridgehead atoms. The highest BCUT2D eigenvalue weighted by atomic mass is 16.3. The molecule has 1 amide bonds. The van der Waals surface area contributed by atoms with Gasteiger partial charge in [0.1, 0.15) is 0 Å². The summed E-state index contributed by atoms with van der Waals surface area (Å²) in [6.45, 7) is 7.87. The van der Waals surface area contributed by atoms with Crippen LogP contribution in [0, 0.1) is 0 Å². The van der Waals surface area contributed by atoms with Gasteiger partial charge in [-0.15, -0.1) is 0 Å². The molecule has 2 rings (SSSR count). The number of fused-ring (bicyclic) bond motifs is 1. The third kappa shape index (κ3) is 1.83. The summed E-state index contributed by atoms with van der Waals surface area (Å²) in [5, 5.41) is 13.0. The first kappa shape index (κ1) is 13.1. The van der Waals surface area contributed by atoms with Crippen molar-refractivity contribution in [1.82, 2.24) is 0 Å². The van der Waals surface area contributed by atoms with Crippen LogP contribution in [0.2, 0.25) is 0 Å². The molecule has 1 unspecified atom stereocenters. The Kier molecular flexibility index (Phi) is 3.20. The summed E-state index contributed by atoms with van der Waals surface area (Å²) in [5.74, 6) is 0.0374. The maximum absolute atomic E-state index is 12.0. The average Bonchev–Trinajstić information content (AvgIpc) is 2.59. The predicted molar refractivity (Wildman–Crippen MR) is 72.7 cm³/mol. The second-order valence-corrected chi connectivity index (χ2v) is 5.46. The van der Waals surface area contributed by atoms with Gasteiger partial charge in [0.2, 0.25) is 5.91 Å². The third-order valence-corrected chi connectivity index (χ3v) is 3.87. The first-order valence-electron chi connectivity index (χ1n) is 6.58. The topological polar surface area (TPSA) is 49.3 Å². The average molecular weight is 247 g/mol. The zero-order chi connectivity index (χ0) is 13.5. The molecule has 98 valence electrons. The molecule has 0 saturated carbocycles. The molecule has 0 radical (unpaired) electrons. The third-order valence-electron chi connectivity index (χ3n) is 3.87. The predicted octanol–water partition coefficient (Wildman–Crippen LogP) is 2.92. The monoisotopic (exact) mass is 247 g/mol. The fourth-order valence-corrected chi connectivity index (χ4v) is 2.47. The Morgan fingerprint density at radius 3 is 2.56 bits per heavy atom. The standard InChI is InChI=1S/C15H21NO2/c1-5-9-7-10(12(17)6-2)8-11-13(9)16-14(18)15(11,3)4/h7-8,12,17H,5-6H2,1-4H3,(H,16,18). The molecule has 1 atom stereocenters. The fourth-order valence-electron chi connectivity index (χ4n) is 2.47. The Morgan fingerprint density at radius 1 is 1.33 bits per heavy atom. The van der Waals surface area contributed by atoms with E-state index in [2.05, 4.69) is 12.2 Å². The van der Waals surface area contributed by atoms with E-state index in [0.717, 1.165) is 28.8 Å². The number of aliphatic hydroxyl groups is 1. The van der Waals surface area contributed by atoms with Crippen LogP contribution in [0.15, 0.2) is 12.1 Å². The maximum Gasteiger partial charge on any atom is 0.234 e. The minimum Gasteiger partial charge on any atom is -0.388 e. The van der Waals surface area contributed by atoms with E-state index >= 15 is 0 Å². The SMILES string of the molecule is CCc1cc(C(O)CC)cc2c1NC(=O)C2(C)C. The van der Waals surface area contributed by atoms with Crippen molar-refractivity contribution < 1.29 is 9.90 Å². The molecule has 1 aromatic rings. The van der Waals surface area contributed by atoms with Gasteiger partial charge in [-0.1, -0.05) is 26.0 Å². The second kappa shape index (κ2) is 4.39. The Morgan fingerprint density at radius 2 is 2.00 bits per heavy atom. The van der Waals surface area contributed by atoms with E-state index in [4.69, 9.17) is 0 Å². The number of carbonyl (C=O) groups is 1. The van der Waals surface area contributed by atoms with Crippen LogP contribution >= 0.6 is 0 Å². The van der Waals surface area contributed by atoms with Crippen molar-refractivity contribution in [2.24, 2.45) is 0 Å². The van der Waals surface area contributed by atoms with Gasteiger partial charge in [-0.3, -0.25) is 4.79 Å². The summed E-state index contributed by atoms with van der Waals surface area (Å²) in [5.41, 5.74) is 3.46. The van der Waals surface area contributed by atoms with E-state index < -0.39 is 11.5 Å². The quantitative estimate of drug-likeness (QED) is 0.862. The van der Waals surface area contributed by atoms with Crippen molar-refractivity contribution in [3.63, 3.8) is 0 Å². The molecular weight excluding hydrogens is 226 g/mol. The molecule has 1 aliphatic heterocycles. The van der Waals surface area contributed by atoms with E-state index in [-0.39, 0.29) is 5.91 Å². The molecule has 1 aromatic carbocycles. The minimum absolute atomic E-state index is 0.0374. The smallest absolute Gasteiger partial charge is 0.234 e. The molecule has 0 fully saturated rings. The molecule has 0 saturated heterocycles. The number of benzene rings is 1. The Balaban J connectivity index is 2.61. The Hall–Kier alpha value is -1.35. The Labute approximate surface area is 108 Å². The highest BCUT2D eigenvalue weighted by Gasteiger charge is 2.39. The van der Waals surface area contributed by atoms with Crippen LogP contribution < -0.4 is 5.32 Å². The summed E-state index contributed by atoms with van der Waals surface area (Å²) >= 11 is 0. The van der Waals surface area contributed by atoms with Gasteiger partial charge < -0.3 is 10.4 Å². The molecule has 2 N–H and O–H groups in total. The van der Waals surface area contributed by atoms with Crippen LogP contribution in [-0.4, -0.2) is 11.0 Å². The summed E-state index contributed by atoms with van der Waals surface area (Å²) in [6, 6.07) is 3.98. The number of hydrogen-bond donors (Lipinski definition) is 2. The lowest BCUT2D eigenvalue weighted by atomic mass is 9.83. The molecular formula is C15H21NO2. The lowest BCUT2D eigenvalue weighted by molar-refractivity contribution is -0.119. The van der Waals surface area contributed by atoms with Crippen LogP contribution in [0.1, 0.15) is 56.9 Å². The molecule has 18 heavy (non-hydrogen) atoms. The molecule has 3 heteroatoms. The summed E-state index contributed by atoms with van der Waals surface area (Å²) < 4.78 is 0. The van der Waals surface area contributed by atoms with E-state index in [0.29, 0.717) is 6.42 Å². The largest absolute Gasteiger partial charge is 0.388 e. The lowest BCUT2D eigenvalue weighted by Crippen LogP contribution is -2.26. The molecule has 1 heterocycles. The normalized spacial score (nSPS) is 18.4. The number of aliphatic hydroxyl groups excluding tert-OH is 1. The second-order valence-electron chi connectivity index (χ2n) is 5.46. The number of amides is 1. The number of hydrogen-bond acceptors (Lipinski definition) is 2. The molecule has 0 aromatic heterocycles. The van der Waals surface area contributed by atoms with Gasteiger partial charge in [-0.2, -0.15) is 0 Å². The van der Waals surface area contributed by atoms with Crippen molar-refractivity contribution in [3.05, 3.63) is 28.8 Å². The van der Waals surface area contributed by atoms with E-state index in [9.17, 15) is 9.90 Å².